The van der Waals surface area contributed by atoms with Crippen molar-refractivity contribution in [1.29, 1.82) is 5.26 Å². The molecule has 4 saturated heterocycles. The average Bonchev–Trinajstić information content (AvgIpc) is 3.76. The Bertz CT molecular complexity index is 1690. The maximum Gasteiger partial charge on any atom is 0.212 e. The number of anilines is 1. The van der Waals surface area contributed by atoms with Crippen LogP contribution in [0.1, 0.15) is 56.6 Å². The van der Waals surface area contributed by atoms with E-state index < -0.39 is 0 Å². The molecule has 11 heteroatoms. The molecule has 4 aromatic heterocycles. The minimum atomic E-state index is -0.209. The number of likely N-dealkylation sites (tertiary alicyclic amines) is 1. The molecular weight excluding hydrogens is 592 g/mol. The van der Waals surface area contributed by atoms with Crippen LogP contribution >= 0.6 is 0 Å². The monoisotopic (exact) mass is 636 g/mol. The van der Waals surface area contributed by atoms with Gasteiger partial charge < -0.3 is 19.5 Å². The van der Waals surface area contributed by atoms with E-state index in [0.29, 0.717) is 41.9 Å². The number of hydrogen-bond donors (Lipinski definition) is 1. The first kappa shape index (κ1) is 31.4. The van der Waals surface area contributed by atoms with Gasteiger partial charge in [-0.15, -0.1) is 0 Å². The Morgan fingerprint density at radius 1 is 1.11 bits per heavy atom. The number of rotatable bonds is 13. The molecule has 0 aromatic carbocycles. The van der Waals surface area contributed by atoms with Gasteiger partial charge in [-0.25, -0.2) is 14.5 Å². The van der Waals surface area contributed by atoms with E-state index in [2.05, 4.69) is 49.1 Å². The number of piperazine rings is 1. The van der Waals surface area contributed by atoms with Crippen LogP contribution in [-0.2, 0) is 6.54 Å². The summed E-state index contributed by atoms with van der Waals surface area (Å²) in [5.74, 6) is 2.32. The van der Waals surface area contributed by atoms with Crippen molar-refractivity contribution in [3.8, 4) is 28.8 Å². The minimum Gasteiger partial charge on any atom is -0.491 e. The molecule has 0 amide bonds. The summed E-state index contributed by atoms with van der Waals surface area (Å²) in [7, 11) is 1.64. The molecule has 4 fully saturated rings. The van der Waals surface area contributed by atoms with Gasteiger partial charge in [-0.1, -0.05) is 13.0 Å². The SMILES string of the molecule is CC[C@@H](O)CC[C@@H]1CCCN1CCOc1cc(-c2ccc(N3CC4CC(C3)N4Cc3ccc(OC)nc3)nc2)c2c(C#N)cnn2c1. The zero-order valence-corrected chi connectivity index (χ0v) is 27.3. The fraction of sp³-hybridized carbons (Fsp3) is 0.500. The molecule has 4 aromatic rings. The standard InChI is InChI=1S/C36H44N8O3/c1-3-31(45)9-8-28-5-4-12-41(28)13-14-47-32-16-33(36-27(17-37)20-40-44(36)24-32)26-7-10-34(38-19-26)42-22-29-15-30(23-42)43(29)21-25-6-11-35(46-2)39-18-25/h6-7,10-11,16,18-20,24,28-31,45H,3-5,8-9,12-15,21-23H2,1-2H3/t28-,29?,30?,31+/m0/s1. The molecule has 47 heavy (non-hydrogen) atoms. The van der Waals surface area contributed by atoms with E-state index in [1.54, 1.807) is 17.8 Å². The number of nitriles is 1. The lowest BCUT2D eigenvalue weighted by atomic mass is 9.87. The second kappa shape index (κ2) is 13.9. The molecule has 4 aliphatic heterocycles. The maximum absolute atomic E-state index is 10.0. The highest BCUT2D eigenvalue weighted by Crippen LogP contribution is 2.37. The van der Waals surface area contributed by atoms with Crippen LogP contribution in [0.3, 0.4) is 0 Å². The summed E-state index contributed by atoms with van der Waals surface area (Å²) in [5.41, 5.74) is 4.28. The van der Waals surface area contributed by atoms with Gasteiger partial charge in [-0.2, -0.15) is 10.4 Å². The summed E-state index contributed by atoms with van der Waals surface area (Å²) < 4.78 is 13.2. The summed E-state index contributed by atoms with van der Waals surface area (Å²) in [6, 6.07) is 14.0. The van der Waals surface area contributed by atoms with Gasteiger partial charge in [0.2, 0.25) is 5.88 Å². The lowest BCUT2D eigenvalue weighted by Crippen LogP contribution is -2.68. The fourth-order valence-electron chi connectivity index (χ4n) is 7.56. The molecule has 246 valence electrons. The van der Waals surface area contributed by atoms with Gasteiger partial charge in [0.1, 0.15) is 24.2 Å². The fourth-order valence-corrected chi connectivity index (χ4v) is 7.56. The molecule has 0 aliphatic carbocycles. The lowest BCUT2D eigenvalue weighted by molar-refractivity contribution is -0.00876. The Morgan fingerprint density at radius 2 is 1.98 bits per heavy atom. The minimum absolute atomic E-state index is 0.209. The zero-order chi connectivity index (χ0) is 32.3. The summed E-state index contributed by atoms with van der Waals surface area (Å²) in [6.07, 6.45) is 13.3. The predicted molar refractivity (Wildman–Crippen MR) is 179 cm³/mol. The third-order valence-corrected chi connectivity index (χ3v) is 10.3. The summed E-state index contributed by atoms with van der Waals surface area (Å²) in [5, 5.41) is 24.3. The summed E-state index contributed by atoms with van der Waals surface area (Å²) in [6.45, 7) is 7.29. The van der Waals surface area contributed by atoms with Crippen molar-refractivity contribution in [1.82, 2.24) is 29.4 Å². The molecule has 1 N–H and O–H groups in total. The molecule has 8 rings (SSSR count). The van der Waals surface area contributed by atoms with Crippen LogP contribution in [0.4, 0.5) is 5.82 Å². The van der Waals surface area contributed by atoms with E-state index in [9.17, 15) is 10.4 Å². The molecule has 11 nitrogen and oxygen atoms in total. The zero-order valence-electron chi connectivity index (χ0n) is 27.3. The van der Waals surface area contributed by atoms with E-state index >= 15 is 0 Å². The molecule has 4 aliphatic rings. The number of aromatic nitrogens is 4. The topological polar surface area (TPSA) is 115 Å². The van der Waals surface area contributed by atoms with E-state index in [4.69, 9.17) is 14.5 Å². The van der Waals surface area contributed by atoms with Crippen LogP contribution < -0.4 is 14.4 Å². The van der Waals surface area contributed by atoms with Gasteiger partial charge in [0.15, 0.2) is 0 Å². The van der Waals surface area contributed by atoms with E-state index in [1.165, 1.54) is 24.8 Å². The highest BCUT2D eigenvalue weighted by atomic mass is 16.5. The molecule has 2 unspecified atom stereocenters. The number of ether oxygens (including phenoxy) is 2. The van der Waals surface area contributed by atoms with Crippen LogP contribution in [0.2, 0.25) is 0 Å². The van der Waals surface area contributed by atoms with E-state index in [1.807, 2.05) is 37.6 Å². The number of piperidine rings is 1. The first-order chi connectivity index (χ1) is 23.0. The largest absolute Gasteiger partial charge is 0.491 e. The number of hydrogen-bond acceptors (Lipinski definition) is 10. The Morgan fingerprint density at radius 3 is 2.70 bits per heavy atom. The van der Waals surface area contributed by atoms with Crippen LogP contribution in [0, 0.1) is 11.3 Å². The van der Waals surface area contributed by atoms with Crippen molar-refractivity contribution in [3.05, 3.63) is 66.2 Å². The number of nitrogens with zero attached hydrogens (tertiary/aromatic N) is 8. The second-order valence-electron chi connectivity index (χ2n) is 13.1. The van der Waals surface area contributed by atoms with Crippen molar-refractivity contribution in [2.45, 2.75) is 76.2 Å². The number of aliphatic hydroxyl groups is 1. The van der Waals surface area contributed by atoms with Gasteiger partial charge >= 0.3 is 0 Å². The normalized spacial score (nSPS) is 21.8. The summed E-state index contributed by atoms with van der Waals surface area (Å²) in [4.78, 5) is 16.7. The molecule has 0 spiro atoms. The van der Waals surface area contributed by atoms with Crippen molar-refractivity contribution in [3.63, 3.8) is 0 Å². The molecule has 8 heterocycles. The molecule has 2 bridgehead atoms. The Kier molecular flexibility index (Phi) is 9.25. The van der Waals surface area contributed by atoms with Gasteiger partial charge in [0.25, 0.3) is 0 Å². The molecule has 4 atom stereocenters. The van der Waals surface area contributed by atoms with Crippen molar-refractivity contribution >= 4 is 11.3 Å². The number of aliphatic hydroxyl groups excluding tert-OH is 1. The maximum atomic E-state index is 10.0. The van der Waals surface area contributed by atoms with E-state index in [0.717, 1.165) is 74.4 Å². The van der Waals surface area contributed by atoms with Crippen molar-refractivity contribution in [2.24, 2.45) is 0 Å². The summed E-state index contributed by atoms with van der Waals surface area (Å²) >= 11 is 0. The van der Waals surface area contributed by atoms with Crippen LogP contribution in [0.25, 0.3) is 16.6 Å². The van der Waals surface area contributed by atoms with Gasteiger partial charge in [0, 0.05) is 73.9 Å². The highest BCUT2D eigenvalue weighted by Gasteiger charge is 2.44. The third-order valence-electron chi connectivity index (χ3n) is 10.3. The number of fused-ring (bicyclic) bond motifs is 3. The van der Waals surface area contributed by atoms with Crippen LogP contribution in [-0.4, -0.2) is 98.6 Å². The van der Waals surface area contributed by atoms with Gasteiger partial charge in [0.05, 0.1) is 36.7 Å². The number of pyridine rings is 3. The molecule has 0 saturated carbocycles. The first-order valence-electron chi connectivity index (χ1n) is 17.0. The Labute approximate surface area is 276 Å². The average molecular weight is 637 g/mol. The van der Waals surface area contributed by atoms with Crippen LogP contribution in [0.5, 0.6) is 11.6 Å². The van der Waals surface area contributed by atoms with Gasteiger partial charge in [-0.3, -0.25) is 9.80 Å². The van der Waals surface area contributed by atoms with Crippen LogP contribution in [0.15, 0.2) is 55.1 Å². The smallest absolute Gasteiger partial charge is 0.212 e. The van der Waals surface area contributed by atoms with Crippen molar-refractivity contribution < 1.29 is 14.6 Å². The number of methoxy groups -OCH3 is 1. The lowest BCUT2D eigenvalue weighted by Gasteiger charge is -2.56. The quantitative estimate of drug-likeness (QED) is 0.225. The first-order valence-corrected chi connectivity index (χ1v) is 17.0. The van der Waals surface area contributed by atoms with E-state index in [-0.39, 0.29) is 6.10 Å². The Balaban J connectivity index is 1.01. The predicted octanol–water partition coefficient (Wildman–Crippen LogP) is 4.53. The Hall–Kier alpha value is -4.24. The van der Waals surface area contributed by atoms with Crippen molar-refractivity contribution in [2.75, 3.05) is 44.8 Å². The molecule has 0 radical (unpaired) electrons. The highest BCUT2D eigenvalue weighted by molar-refractivity contribution is 5.85. The third kappa shape index (κ3) is 6.63. The second-order valence-corrected chi connectivity index (χ2v) is 13.1. The molecular formula is C36H44N8O3. The van der Waals surface area contributed by atoms with Gasteiger partial charge in [-0.05, 0) is 68.8 Å².